The molecule has 1 N–H and O–H groups in total. The number of hydrogen-bond acceptors (Lipinski definition) is 5. The summed E-state index contributed by atoms with van der Waals surface area (Å²) in [7, 11) is 3.09. The van der Waals surface area contributed by atoms with Gasteiger partial charge in [0, 0.05) is 23.4 Å². The minimum atomic E-state index is -0.568. The minimum absolute atomic E-state index is 0.0159. The maximum absolute atomic E-state index is 13.7. The molecule has 3 atom stereocenters. The van der Waals surface area contributed by atoms with Gasteiger partial charge < -0.3 is 19.7 Å². The van der Waals surface area contributed by atoms with Crippen molar-refractivity contribution >= 4 is 23.6 Å². The molecular formula is C24H30N2O4S. The summed E-state index contributed by atoms with van der Waals surface area (Å²) in [5.74, 6) is 1.53. The summed E-state index contributed by atoms with van der Waals surface area (Å²) < 4.78 is 10.7. The Morgan fingerprint density at radius 1 is 1.03 bits per heavy atom. The summed E-state index contributed by atoms with van der Waals surface area (Å²) >= 11 is 1.60. The van der Waals surface area contributed by atoms with E-state index in [1.807, 2.05) is 37.3 Å². The van der Waals surface area contributed by atoms with Crippen LogP contribution < -0.4 is 14.8 Å². The van der Waals surface area contributed by atoms with Crippen LogP contribution in [-0.4, -0.2) is 48.8 Å². The Hall–Kier alpha value is -2.67. The molecule has 0 spiro atoms. The molecule has 1 aliphatic rings. The number of thioether (sulfide) groups is 1. The molecule has 1 aliphatic heterocycles. The van der Waals surface area contributed by atoms with Crippen molar-refractivity contribution in [3.63, 3.8) is 0 Å². The lowest BCUT2D eigenvalue weighted by molar-refractivity contribution is -0.125. The van der Waals surface area contributed by atoms with Gasteiger partial charge in [-0.3, -0.25) is 9.59 Å². The highest BCUT2D eigenvalue weighted by atomic mass is 32.2. The van der Waals surface area contributed by atoms with Gasteiger partial charge in [-0.05, 0) is 30.5 Å². The third kappa shape index (κ3) is 5.15. The van der Waals surface area contributed by atoms with Crippen molar-refractivity contribution < 1.29 is 19.1 Å². The molecule has 6 nitrogen and oxygen atoms in total. The van der Waals surface area contributed by atoms with Crippen LogP contribution in [0.15, 0.2) is 48.5 Å². The van der Waals surface area contributed by atoms with E-state index in [2.05, 4.69) is 19.2 Å². The average molecular weight is 443 g/mol. The predicted octanol–water partition coefficient (Wildman–Crippen LogP) is 4.12. The number of benzene rings is 2. The number of nitrogens with zero attached hydrogens (tertiary/aromatic N) is 1. The van der Waals surface area contributed by atoms with Gasteiger partial charge in [0.05, 0.1) is 14.2 Å². The van der Waals surface area contributed by atoms with Crippen molar-refractivity contribution in [2.45, 2.75) is 38.2 Å². The maximum Gasteiger partial charge on any atom is 0.256 e. The van der Waals surface area contributed by atoms with Crippen molar-refractivity contribution in [2.24, 2.45) is 5.92 Å². The highest BCUT2D eigenvalue weighted by molar-refractivity contribution is 7.99. The van der Waals surface area contributed by atoms with Crippen LogP contribution >= 0.6 is 11.8 Å². The first-order chi connectivity index (χ1) is 14.8. The monoisotopic (exact) mass is 442 g/mol. The van der Waals surface area contributed by atoms with Crippen LogP contribution in [0.1, 0.15) is 42.1 Å². The maximum atomic E-state index is 13.7. The quantitative estimate of drug-likeness (QED) is 0.699. The lowest BCUT2D eigenvalue weighted by Gasteiger charge is -2.30. The fraction of sp³-hybridized carbons (Fsp3) is 0.417. The van der Waals surface area contributed by atoms with Crippen LogP contribution in [0.2, 0.25) is 0 Å². The van der Waals surface area contributed by atoms with E-state index in [-0.39, 0.29) is 23.2 Å². The first-order valence-corrected chi connectivity index (χ1v) is 11.4. The molecule has 1 fully saturated rings. The van der Waals surface area contributed by atoms with E-state index in [1.54, 1.807) is 49.1 Å². The minimum Gasteiger partial charge on any atom is -0.497 e. The third-order valence-electron chi connectivity index (χ3n) is 5.59. The first kappa shape index (κ1) is 23.0. The SMILES string of the molecule is COc1cc(OC)cc(C(=O)N2C(C(=O)NC(C)C(C)C)CSC2c2ccccc2)c1. The van der Waals surface area contributed by atoms with Crippen molar-refractivity contribution in [2.75, 3.05) is 20.0 Å². The number of rotatable bonds is 7. The first-order valence-electron chi connectivity index (χ1n) is 10.4. The third-order valence-corrected chi connectivity index (χ3v) is 6.91. The van der Waals surface area contributed by atoms with E-state index < -0.39 is 6.04 Å². The standard InChI is InChI=1S/C24H30N2O4S/c1-15(2)16(3)25-22(27)21-14-31-24(17-9-7-6-8-10-17)26(21)23(28)18-11-19(29-4)13-20(12-18)30-5/h6-13,15-16,21,24H,14H2,1-5H3,(H,25,27). The van der Waals surface area contributed by atoms with Gasteiger partial charge in [-0.2, -0.15) is 0 Å². The Bertz CT molecular complexity index is 897. The molecule has 1 saturated heterocycles. The van der Waals surface area contributed by atoms with Crippen molar-refractivity contribution in [3.8, 4) is 11.5 Å². The summed E-state index contributed by atoms with van der Waals surface area (Å²) in [6, 6.07) is 14.3. The number of amides is 2. The molecule has 0 bridgehead atoms. The molecule has 2 aromatic rings. The number of nitrogens with one attached hydrogen (secondary N) is 1. The van der Waals surface area contributed by atoms with Gasteiger partial charge in [0.15, 0.2) is 0 Å². The van der Waals surface area contributed by atoms with Gasteiger partial charge >= 0.3 is 0 Å². The lowest BCUT2D eigenvalue weighted by Crippen LogP contribution is -2.50. The normalized spacial score (nSPS) is 19.2. The molecule has 0 radical (unpaired) electrons. The lowest BCUT2D eigenvalue weighted by atomic mass is 10.1. The van der Waals surface area contributed by atoms with Crippen LogP contribution in [0, 0.1) is 5.92 Å². The topological polar surface area (TPSA) is 67.9 Å². The molecule has 2 aromatic carbocycles. The molecule has 2 amide bonds. The molecular weight excluding hydrogens is 412 g/mol. The molecule has 3 unspecified atom stereocenters. The number of hydrogen-bond donors (Lipinski definition) is 1. The van der Waals surface area contributed by atoms with Crippen LogP contribution in [0.4, 0.5) is 0 Å². The van der Waals surface area contributed by atoms with Crippen molar-refractivity contribution in [3.05, 3.63) is 59.7 Å². The number of methoxy groups -OCH3 is 2. The predicted molar refractivity (Wildman–Crippen MR) is 124 cm³/mol. The number of ether oxygens (including phenoxy) is 2. The van der Waals surface area contributed by atoms with E-state index in [1.165, 1.54) is 0 Å². The van der Waals surface area contributed by atoms with E-state index in [0.717, 1.165) is 5.56 Å². The molecule has 166 valence electrons. The Morgan fingerprint density at radius 2 is 1.65 bits per heavy atom. The Kier molecular flexibility index (Phi) is 7.49. The molecule has 7 heteroatoms. The Labute approximate surface area is 188 Å². The zero-order chi connectivity index (χ0) is 22.5. The summed E-state index contributed by atoms with van der Waals surface area (Å²) in [4.78, 5) is 28.6. The molecule has 0 aromatic heterocycles. The van der Waals surface area contributed by atoms with E-state index >= 15 is 0 Å². The second-order valence-electron chi connectivity index (χ2n) is 7.97. The van der Waals surface area contributed by atoms with Crippen LogP contribution in [0.25, 0.3) is 0 Å². The van der Waals surface area contributed by atoms with Crippen LogP contribution in [-0.2, 0) is 4.79 Å². The molecule has 3 rings (SSSR count). The van der Waals surface area contributed by atoms with Gasteiger partial charge in [0.25, 0.3) is 5.91 Å². The molecule has 0 aliphatic carbocycles. The van der Waals surface area contributed by atoms with Gasteiger partial charge in [-0.15, -0.1) is 11.8 Å². The average Bonchev–Trinajstić information content (AvgIpc) is 3.23. The summed E-state index contributed by atoms with van der Waals surface area (Å²) in [6.45, 7) is 6.11. The number of carbonyl (C=O) groups excluding carboxylic acids is 2. The molecule has 0 saturated carbocycles. The molecule has 31 heavy (non-hydrogen) atoms. The zero-order valence-electron chi connectivity index (χ0n) is 18.6. The number of carbonyl (C=O) groups is 2. The fourth-order valence-electron chi connectivity index (χ4n) is 3.40. The molecule has 1 heterocycles. The second kappa shape index (κ2) is 10.1. The fourth-order valence-corrected chi connectivity index (χ4v) is 4.83. The van der Waals surface area contributed by atoms with Gasteiger partial charge in [0.2, 0.25) is 5.91 Å². The highest BCUT2D eigenvalue weighted by Gasteiger charge is 2.43. The summed E-state index contributed by atoms with van der Waals surface area (Å²) in [5.41, 5.74) is 1.41. The van der Waals surface area contributed by atoms with Crippen molar-refractivity contribution in [1.29, 1.82) is 0 Å². The Morgan fingerprint density at radius 3 is 2.19 bits per heavy atom. The van der Waals surface area contributed by atoms with Crippen LogP contribution in [0.5, 0.6) is 11.5 Å². The zero-order valence-corrected chi connectivity index (χ0v) is 19.4. The van der Waals surface area contributed by atoms with Gasteiger partial charge in [-0.1, -0.05) is 44.2 Å². The van der Waals surface area contributed by atoms with E-state index in [0.29, 0.717) is 28.7 Å². The van der Waals surface area contributed by atoms with Crippen molar-refractivity contribution in [1.82, 2.24) is 10.2 Å². The van der Waals surface area contributed by atoms with Gasteiger partial charge in [-0.25, -0.2) is 0 Å². The van der Waals surface area contributed by atoms with E-state index in [4.69, 9.17) is 9.47 Å². The highest BCUT2D eigenvalue weighted by Crippen LogP contribution is 2.42. The largest absolute Gasteiger partial charge is 0.497 e. The smallest absolute Gasteiger partial charge is 0.256 e. The second-order valence-corrected chi connectivity index (χ2v) is 9.08. The van der Waals surface area contributed by atoms with Crippen LogP contribution in [0.3, 0.4) is 0 Å². The van der Waals surface area contributed by atoms with E-state index in [9.17, 15) is 9.59 Å². The summed E-state index contributed by atoms with van der Waals surface area (Å²) in [5, 5.41) is 2.83. The van der Waals surface area contributed by atoms with Gasteiger partial charge in [0.1, 0.15) is 22.9 Å². The Balaban J connectivity index is 1.98. The summed E-state index contributed by atoms with van der Waals surface area (Å²) in [6.07, 6.45) is 0.